The summed E-state index contributed by atoms with van der Waals surface area (Å²) in [4.78, 5) is 14.9. The van der Waals surface area contributed by atoms with Crippen molar-refractivity contribution in [2.75, 3.05) is 7.05 Å². The largest absolute Gasteiger partial charge is 0.354 e. The third-order valence-electron chi connectivity index (χ3n) is 1.37. The van der Waals surface area contributed by atoms with E-state index in [-0.39, 0.29) is 5.91 Å². The molecule has 1 aromatic heterocycles. The van der Waals surface area contributed by atoms with Crippen molar-refractivity contribution < 1.29 is 4.79 Å². The fourth-order valence-electron chi connectivity index (χ4n) is 0.730. The van der Waals surface area contributed by atoms with E-state index in [0.29, 0.717) is 5.69 Å². The summed E-state index contributed by atoms with van der Waals surface area (Å²) in [5.74, 6) is -0.148. The number of aryl methyl sites for hydroxylation is 1. The molecule has 0 aliphatic heterocycles. The predicted octanol–water partition coefficient (Wildman–Crippen LogP) is 2.80. The Kier molecular flexibility index (Phi) is 11.5. The van der Waals surface area contributed by atoms with Crippen molar-refractivity contribution in [1.82, 2.24) is 10.3 Å². The molecule has 0 aromatic carbocycles. The minimum absolute atomic E-state index is 0.148. The summed E-state index contributed by atoms with van der Waals surface area (Å²) in [6, 6.07) is 3.56. The number of nitrogens with one attached hydrogen (secondary N) is 1. The van der Waals surface area contributed by atoms with Crippen molar-refractivity contribution in [1.29, 1.82) is 0 Å². The third kappa shape index (κ3) is 6.66. The topological polar surface area (TPSA) is 42.0 Å². The van der Waals surface area contributed by atoms with Crippen LogP contribution < -0.4 is 5.32 Å². The van der Waals surface area contributed by atoms with Crippen molar-refractivity contribution >= 4 is 5.91 Å². The fraction of sp³-hybridized carbons (Fsp3) is 0.500. The molecule has 1 amide bonds. The highest BCUT2D eigenvalue weighted by Gasteiger charge is 2.01. The predicted molar refractivity (Wildman–Crippen MR) is 65.1 cm³/mol. The lowest BCUT2D eigenvalue weighted by Crippen LogP contribution is -2.18. The van der Waals surface area contributed by atoms with Crippen LogP contribution in [0.25, 0.3) is 0 Å². The average molecular weight is 210 g/mol. The van der Waals surface area contributed by atoms with E-state index in [1.165, 1.54) is 0 Å². The van der Waals surface area contributed by atoms with Crippen LogP contribution in [0.15, 0.2) is 18.3 Å². The second-order valence-electron chi connectivity index (χ2n) is 2.30. The van der Waals surface area contributed by atoms with Crippen LogP contribution in [0.3, 0.4) is 0 Å². The number of carbonyl (C=O) groups is 1. The minimum Gasteiger partial charge on any atom is -0.354 e. The maximum atomic E-state index is 11.0. The minimum atomic E-state index is -0.148. The van der Waals surface area contributed by atoms with Crippen LogP contribution >= 0.6 is 0 Å². The molecule has 1 rings (SSSR count). The van der Waals surface area contributed by atoms with Crippen LogP contribution in [-0.4, -0.2) is 17.9 Å². The number of pyridine rings is 1. The molecule has 0 fully saturated rings. The Labute approximate surface area is 92.9 Å². The number of hydrogen-bond acceptors (Lipinski definition) is 2. The van der Waals surface area contributed by atoms with Crippen LogP contribution in [0, 0.1) is 6.92 Å². The second-order valence-corrected chi connectivity index (χ2v) is 2.30. The zero-order valence-electron chi connectivity index (χ0n) is 10.6. The Morgan fingerprint density at radius 1 is 1.20 bits per heavy atom. The number of amides is 1. The molecule has 1 N–H and O–H groups in total. The Morgan fingerprint density at radius 2 is 1.73 bits per heavy atom. The van der Waals surface area contributed by atoms with Gasteiger partial charge in [-0.25, -0.2) is 0 Å². The van der Waals surface area contributed by atoms with Gasteiger partial charge in [0.05, 0.1) is 0 Å². The maximum absolute atomic E-state index is 11.0. The van der Waals surface area contributed by atoms with E-state index >= 15 is 0 Å². The van der Waals surface area contributed by atoms with Gasteiger partial charge in [0.1, 0.15) is 5.69 Å². The molecule has 0 aliphatic carbocycles. The molecule has 0 saturated carbocycles. The van der Waals surface area contributed by atoms with Gasteiger partial charge in [0.25, 0.3) is 5.91 Å². The third-order valence-corrected chi connectivity index (χ3v) is 1.37. The van der Waals surface area contributed by atoms with Crippen molar-refractivity contribution in [2.45, 2.75) is 34.6 Å². The SMILES string of the molecule is CC.CC.CNC(=O)c1ccc(C)cn1. The van der Waals surface area contributed by atoms with Crippen LogP contribution in [-0.2, 0) is 0 Å². The van der Waals surface area contributed by atoms with Gasteiger partial charge in [-0.05, 0) is 18.6 Å². The summed E-state index contributed by atoms with van der Waals surface area (Å²) in [5, 5.41) is 2.50. The first-order valence-corrected chi connectivity index (χ1v) is 5.39. The Hall–Kier alpha value is -1.38. The standard InChI is InChI=1S/C8H10N2O.2C2H6/c1-6-3-4-7(10-5-6)8(11)9-2;2*1-2/h3-5H,1-2H3,(H,9,11);2*1-2H3. The van der Waals surface area contributed by atoms with Gasteiger partial charge in [-0.2, -0.15) is 0 Å². The van der Waals surface area contributed by atoms with Gasteiger partial charge in [-0.1, -0.05) is 33.8 Å². The average Bonchev–Trinajstić information content (AvgIpc) is 2.34. The first kappa shape index (κ1) is 16.1. The number of hydrogen-bond donors (Lipinski definition) is 1. The zero-order valence-corrected chi connectivity index (χ0v) is 10.6. The van der Waals surface area contributed by atoms with E-state index in [1.807, 2.05) is 40.7 Å². The van der Waals surface area contributed by atoms with E-state index < -0.39 is 0 Å². The molecule has 86 valence electrons. The molecule has 0 unspecified atom stereocenters. The molecule has 15 heavy (non-hydrogen) atoms. The Bertz CT molecular complexity index is 255. The molecule has 0 radical (unpaired) electrons. The second kappa shape index (κ2) is 10.7. The van der Waals surface area contributed by atoms with Gasteiger partial charge in [-0.15, -0.1) is 0 Å². The summed E-state index contributed by atoms with van der Waals surface area (Å²) in [5.41, 5.74) is 1.51. The summed E-state index contributed by atoms with van der Waals surface area (Å²) < 4.78 is 0. The van der Waals surface area contributed by atoms with E-state index in [2.05, 4.69) is 10.3 Å². The molecule has 1 aromatic rings. The molecular formula is C12H22N2O. The summed E-state index contributed by atoms with van der Waals surface area (Å²) in [6.07, 6.45) is 1.67. The summed E-state index contributed by atoms with van der Waals surface area (Å²) in [6.45, 7) is 9.93. The lowest BCUT2D eigenvalue weighted by molar-refractivity contribution is 0.0958. The van der Waals surface area contributed by atoms with Gasteiger partial charge in [0.15, 0.2) is 0 Å². The van der Waals surface area contributed by atoms with Gasteiger partial charge in [0.2, 0.25) is 0 Å². The Balaban J connectivity index is 0. The van der Waals surface area contributed by atoms with E-state index in [1.54, 1.807) is 19.3 Å². The van der Waals surface area contributed by atoms with Gasteiger partial charge >= 0.3 is 0 Å². The van der Waals surface area contributed by atoms with Crippen LogP contribution in [0.2, 0.25) is 0 Å². The highest BCUT2D eigenvalue weighted by molar-refractivity contribution is 5.91. The number of aromatic nitrogens is 1. The van der Waals surface area contributed by atoms with E-state index in [4.69, 9.17) is 0 Å². The van der Waals surface area contributed by atoms with Crippen LogP contribution in [0.5, 0.6) is 0 Å². The number of carbonyl (C=O) groups excluding carboxylic acids is 1. The van der Waals surface area contributed by atoms with Crippen molar-refractivity contribution in [3.8, 4) is 0 Å². The fourth-order valence-corrected chi connectivity index (χ4v) is 0.730. The smallest absolute Gasteiger partial charge is 0.269 e. The highest BCUT2D eigenvalue weighted by Crippen LogP contribution is 1.97. The lowest BCUT2D eigenvalue weighted by Gasteiger charge is -1.97. The molecule has 0 saturated heterocycles. The maximum Gasteiger partial charge on any atom is 0.269 e. The van der Waals surface area contributed by atoms with Gasteiger partial charge < -0.3 is 5.32 Å². The van der Waals surface area contributed by atoms with Gasteiger partial charge in [-0.3, -0.25) is 9.78 Å². The summed E-state index contributed by atoms with van der Waals surface area (Å²) in [7, 11) is 1.59. The molecule has 0 atom stereocenters. The normalized spacial score (nSPS) is 7.60. The van der Waals surface area contributed by atoms with Crippen molar-refractivity contribution in [3.63, 3.8) is 0 Å². The number of rotatable bonds is 1. The molecule has 3 nitrogen and oxygen atoms in total. The van der Waals surface area contributed by atoms with Gasteiger partial charge in [0, 0.05) is 13.2 Å². The first-order valence-electron chi connectivity index (χ1n) is 5.39. The zero-order chi connectivity index (χ0) is 12.3. The summed E-state index contributed by atoms with van der Waals surface area (Å²) >= 11 is 0. The number of nitrogens with zero attached hydrogens (tertiary/aromatic N) is 1. The molecule has 0 bridgehead atoms. The Morgan fingerprint density at radius 3 is 2.07 bits per heavy atom. The first-order chi connectivity index (χ1) is 7.24. The molecule has 0 aliphatic rings. The quantitative estimate of drug-likeness (QED) is 0.774. The molecule has 0 spiro atoms. The van der Waals surface area contributed by atoms with E-state index in [9.17, 15) is 4.79 Å². The molecule has 1 heterocycles. The molecule has 3 heteroatoms. The van der Waals surface area contributed by atoms with Crippen molar-refractivity contribution in [2.24, 2.45) is 0 Å². The molecular weight excluding hydrogens is 188 g/mol. The monoisotopic (exact) mass is 210 g/mol. The van der Waals surface area contributed by atoms with Crippen molar-refractivity contribution in [3.05, 3.63) is 29.6 Å². The van der Waals surface area contributed by atoms with Crippen LogP contribution in [0.4, 0.5) is 0 Å². The lowest BCUT2D eigenvalue weighted by atomic mass is 10.3. The highest BCUT2D eigenvalue weighted by atomic mass is 16.1. The van der Waals surface area contributed by atoms with E-state index in [0.717, 1.165) is 5.56 Å². The van der Waals surface area contributed by atoms with Crippen LogP contribution in [0.1, 0.15) is 43.7 Å².